The zero-order valence-electron chi connectivity index (χ0n) is 14.3. The van der Waals surface area contributed by atoms with Crippen LogP contribution >= 0.6 is 0 Å². The molecule has 6 heteroatoms. The largest absolute Gasteiger partial charge is 0.356 e. The van der Waals surface area contributed by atoms with E-state index in [2.05, 4.69) is 34.2 Å². The number of piperidine rings is 1. The van der Waals surface area contributed by atoms with E-state index >= 15 is 0 Å². The number of nitrogens with zero attached hydrogens (tertiary/aromatic N) is 3. The molecule has 1 saturated heterocycles. The monoisotopic (exact) mass is 320 g/mol. The van der Waals surface area contributed by atoms with Gasteiger partial charge in [0, 0.05) is 19.5 Å². The minimum absolute atomic E-state index is 0.0977. The Morgan fingerprint density at radius 3 is 2.96 bits per heavy atom. The molecule has 3 rings (SSSR count). The van der Waals surface area contributed by atoms with Crippen molar-refractivity contribution in [3.8, 4) is 0 Å². The Morgan fingerprint density at radius 2 is 2.22 bits per heavy atom. The van der Waals surface area contributed by atoms with E-state index in [0.717, 1.165) is 50.6 Å². The Morgan fingerprint density at radius 1 is 1.39 bits per heavy atom. The van der Waals surface area contributed by atoms with Crippen LogP contribution in [0.5, 0.6) is 0 Å². The molecule has 1 aromatic heterocycles. The molecule has 128 valence electrons. The van der Waals surface area contributed by atoms with Crippen LogP contribution in [-0.2, 0) is 17.8 Å². The summed E-state index contributed by atoms with van der Waals surface area (Å²) in [5.74, 6) is 3.02. The van der Waals surface area contributed by atoms with Crippen molar-refractivity contribution in [2.75, 3.05) is 19.6 Å². The molecule has 2 fully saturated rings. The van der Waals surface area contributed by atoms with E-state index in [1.165, 1.54) is 12.8 Å². The van der Waals surface area contributed by atoms with Crippen LogP contribution in [-0.4, -0.2) is 40.6 Å². The molecule has 0 spiro atoms. The van der Waals surface area contributed by atoms with Gasteiger partial charge in [-0.25, -0.2) is 0 Å². The van der Waals surface area contributed by atoms with Crippen molar-refractivity contribution in [1.29, 1.82) is 0 Å². The standard InChI is InChI=1S/C17H28N4O2/c1-12(2)8-15-19-16(23-20-15)11-21-7-3-4-14(10-21)17(22)18-9-13-5-6-13/h12-14H,3-11H2,1-2H3,(H,18,22)/t14-/m0/s1. The van der Waals surface area contributed by atoms with E-state index in [1.54, 1.807) is 0 Å². The number of carbonyl (C=O) groups excluding carboxylic acids is 1. The van der Waals surface area contributed by atoms with Gasteiger partial charge in [-0.2, -0.15) is 4.98 Å². The number of aromatic nitrogens is 2. The summed E-state index contributed by atoms with van der Waals surface area (Å²) in [6.45, 7) is 7.58. The van der Waals surface area contributed by atoms with Crippen molar-refractivity contribution in [2.24, 2.45) is 17.8 Å². The number of hydrogen-bond donors (Lipinski definition) is 1. The van der Waals surface area contributed by atoms with E-state index < -0.39 is 0 Å². The lowest BCUT2D eigenvalue weighted by Gasteiger charge is -2.30. The lowest BCUT2D eigenvalue weighted by molar-refractivity contribution is -0.126. The van der Waals surface area contributed by atoms with Gasteiger partial charge < -0.3 is 9.84 Å². The topological polar surface area (TPSA) is 71.3 Å². The third kappa shape index (κ3) is 5.03. The van der Waals surface area contributed by atoms with Gasteiger partial charge >= 0.3 is 0 Å². The highest BCUT2D eigenvalue weighted by Crippen LogP contribution is 2.28. The highest BCUT2D eigenvalue weighted by atomic mass is 16.5. The van der Waals surface area contributed by atoms with Crippen LogP contribution in [0.25, 0.3) is 0 Å². The summed E-state index contributed by atoms with van der Waals surface area (Å²) in [6, 6.07) is 0. The maximum atomic E-state index is 12.3. The summed E-state index contributed by atoms with van der Waals surface area (Å²) >= 11 is 0. The van der Waals surface area contributed by atoms with Crippen LogP contribution in [0.15, 0.2) is 4.52 Å². The molecule has 0 aromatic carbocycles. The Balaban J connectivity index is 1.47. The molecule has 1 aromatic rings. The van der Waals surface area contributed by atoms with Crippen molar-refractivity contribution >= 4 is 5.91 Å². The molecule has 1 amide bonds. The Labute approximate surface area is 138 Å². The van der Waals surface area contributed by atoms with E-state index in [-0.39, 0.29) is 11.8 Å². The molecule has 6 nitrogen and oxygen atoms in total. The maximum absolute atomic E-state index is 12.3. The van der Waals surface area contributed by atoms with Crippen molar-refractivity contribution in [3.63, 3.8) is 0 Å². The summed E-state index contributed by atoms with van der Waals surface area (Å²) in [5.41, 5.74) is 0. The fourth-order valence-corrected chi connectivity index (χ4v) is 3.12. The number of nitrogens with one attached hydrogen (secondary N) is 1. The Hall–Kier alpha value is -1.43. The van der Waals surface area contributed by atoms with Crippen LogP contribution in [0.3, 0.4) is 0 Å². The molecular formula is C17H28N4O2. The first-order valence-corrected chi connectivity index (χ1v) is 8.91. The van der Waals surface area contributed by atoms with Gasteiger partial charge in [-0.1, -0.05) is 19.0 Å². The van der Waals surface area contributed by atoms with Crippen LogP contribution in [0.1, 0.15) is 51.2 Å². The first kappa shape index (κ1) is 16.4. The minimum atomic E-state index is 0.0977. The fourth-order valence-electron chi connectivity index (χ4n) is 3.12. The van der Waals surface area contributed by atoms with Gasteiger partial charge in [0.2, 0.25) is 11.8 Å². The second-order valence-corrected chi connectivity index (χ2v) is 7.47. The van der Waals surface area contributed by atoms with Gasteiger partial charge in [0.25, 0.3) is 0 Å². The number of amides is 1. The maximum Gasteiger partial charge on any atom is 0.240 e. The van der Waals surface area contributed by atoms with Gasteiger partial charge in [-0.05, 0) is 44.1 Å². The van der Waals surface area contributed by atoms with Crippen molar-refractivity contribution in [1.82, 2.24) is 20.4 Å². The Kier molecular flexibility index (Phi) is 5.30. The average Bonchev–Trinajstić information content (AvgIpc) is 3.25. The third-order valence-corrected chi connectivity index (χ3v) is 4.60. The number of rotatable bonds is 7. The normalized spacial score (nSPS) is 22.5. The fraction of sp³-hybridized carbons (Fsp3) is 0.824. The van der Waals surface area contributed by atoms with Crippen LogP contribution in [0, 0.1) is 17.8 Å². The van der Waals surface area contributed by atoms with Crippen molar-refractivity contribution < 1.29 is 9.32 Å². The second-order valence-electron chi connectivity index (χ2n) is 7.47. The summed E-state index contributed by atoms with van der Waals surface area (Å²) < 4.78 is 5.35. The summed E-state index contributed by atoms with van der Waals surface area (Å²) in [5, 5.41) is 7.15. The number of hydrogen-bond acceptors (Lipinski definition) is 5. The van der Waals surface area contributed by atoms with E-state index in [4.69, 9.17) is 4.52 Å². The predicted octanol–water partition coefficient (Wildman–Crippen LogP) is 2.01. The van der Waals surface area contributed by atoms with Crippen LogP contribution in [0.2, 0.25) is 0 Å². The number of carbonyl (C=O) groups is 1. The summed E-state index contributed by atoms with van der Waals surface area (Å²) in [7, 11) is 0. The van der Waals surface area contributed by atoms with Gasteiger partial charge in [-0.3, -0.25) is 9.69 Å². The van der Waals surface area contributed by atoms with Crippen LogP contribution < -0.4 is 5.32 Å². The predicted molar refractivity (Wildman–Crippen MR) is 86.6 cm³/mol. The smallest absolute Gasteiger partial charge is 0.240 e. The highest BCUT2D eigenvalue weighted by Gasteiger charge is 2.28. The SMILES string of the molecule is CC(C)Cc1noc(CN2CCC[C@H](C(=O)NCC3CC3)C2)n1. The van der Waals surface area contributed by atoms with Crippen molar-refractivity contribution in [2.45, 2.75) is 52.5 Å². The third-order valence-electron chi connectivity index (χ3n) is 4.60. The molecule has 2 aliphatic rings. The molecule has 1 aliphatic carbocycles. The number of likely N-dealkylation sites (tertiary alicyclic amines) is 1. The summed E-state index contributed by atoms with van der Waals surface area (Å²) in [4.78, 5) is 19.0. The average molecular weight is 320 g/mol. The van der Waals surface area contributed by atoms with E-state index in [9.17, 15) is 4.79 Å². The lowest BCUT2D eigenvalue weighted by atomic mass is 9.97. The molecule has 0 radical (unpaired) electrons. The quantitative estimate of drug-likeness (QED) is 0.832. The molecule has 1 N–H and O–H groups in total. The first-order chi connectivity index (χ1) is 11.1. The summed E-state index contributed by atoms with van der Waals surface area (Å²) in [6.07, 6.45) is 5.42. The van der Waals surface area contributed by atoms with Gasteiger partial charge in [-0.15, -0.1) is 0 Å². The van der Waals surface area contributed by atoms with Crippen LogP contribution in [0.4, 0.5) is 0 Å². The van der Waals surface area contributed by atoms with E-state index in [1.807, 2.05) is 0 Å². The second kappa shape index (κ2) is 7.43. The first-order valence-electron chi connectivity index (χ1n) is 8.91. The minimum Gasteiger partial charge on any atom is -0.356 e. The molecule has 1 aliphatic heterocycles. The van der Waals surface area contributed by atoms with Gasteiger partial charge in [0.15, 0.2) is 5.82 Å². The Bertz CT molecular complexity index is 524. The molecule has 0 unspecified atom stereocenters. The van der Waals surface area contributed by atoms with Crippen molar-refractivity contribution in [3.05, 3.63) is 11.7 Å². The molecule has 1 atom stereocenters. The van der Waals surface area contributed by atoms with Gasteiger partial charge in [0.1, 0.15) is 0 Å². The molecular weight excluding hydrogens is 292 g/mol. The van der Waals surface area contributed by atoms with E-state index in [0.29, 0.717) is 18.4 Å². The van der Waals surface area contributed by atoms with Gasteiger partial charge in [0.05, 0.1) is 12.5 Å². The highest BCUT2D eigenvalue weighted by molar-refractivity contribution is 5.79. The molecule has 23 heavy (non-hydrogen) atoms. The zero-order chi connectivity index (χ0) is 16.2. The molecule has 2 heterocycles. The lowest BCUT2D eigenvalue weighted by Crippen LogP contribution is -2.43. The molecule has 0 bridgehead atoms. The zero-order valence-corrected chi connectivity index (χ0v) is 14.3. The molecule has 1 saturated carbocycles.